The summed E-state index contributed by atoms with van der Waals surface area (Å²) in [5.41, 5.74) is 4.66. The molecule has 0 radical (unpaired) electrons. The summed E-state index contributed by atoms with van der Waals surface area (Å²) in [4.78, 5) is 13.2. The molecule has 0 unspecified atom stereocenters. The molecule has 1 aliphatic heterocycles. The smallest absolute Gasteiger partial charge is 0.222 e. The van der Waals surface area contributed by atoms with Crippen LogP contribution < -0.4 is 5.73 Å². The third kappa shape index (κ3) is 2.25. The molecule has 3 N–H and O–H groups in total. The van der Waals surface area contributed by atoms with Gasteiger partial charge in [-0.2, -0.15) is 0 Å². The molecule has 1 aliphatic rings. The van der Waals surface area contributed by atoms with Gasteiger partial charge in [0, 0.05) is 6.42 Å². The van der Waals surface area contributed by atoms with E-state index in [1.165, 1.54) is 0 Å². The minimum Gasteiger partial charge on any atom is -0.386 e. The largest absolute Gasteiger partial charge is 0.386 e. The average Bonchev–Trinajstić information content (AvgIpc) is 2.08. The van der Waals surface area contributed by atoms with Gasteiger partial charge in [-0.05, 0) is 18.9 Å². The molecular weight excluding hydrogens is 180 g/mol. The van der Waals surface area contributed by atoms with Gasteiger partial charge in [0.15, 0.2) is 0 Å². The van der Waals surface area contributed by atoms with Crippen LogP contribution in [-0.4, -0.2) is 41.1 Å². The van der Waals surface area contributed by atoms with Crippen LogP contribution in [0.3, 0.4) is 0 Å². The Morgan fingerprint density at radius 2 is 2.14 bits per heavy atom. The van der Waals surface area contributed by atoms with Gasteiger partial charge in [-0.15, -0.1) is 0 Å². The summed E-state index contributed by atoms with van der Waals surface area (Å²) in [5.74, 6) is 0.321. The first-order chi connectivity index (χ1) is 6.49. The lowest BCUT2D eigenvalue weighted by molar-refractivity contribution is -0.163. The lowest BCUT2D eigenvalue weighted by atomic mass is 9.83. The standard InChI is InChI=1S/C10H20N2O2/c1-8(2)10(14)6-12(7-10)9(13)4-3-5-11/h8,14H,3-7,11H2,1-2H3. The highest BCUT2D eigenvalue weighted by atomic mass is 16.3. The Bertz CT molecular complexity index is 210. The van der Waals surface area contributed by atoms with Gasteiger partial charge in [0.2, 0.25) is 5.91 Å². The van der Waals surface area contributed by atoms with Crippen molar-refractivity contribution in [2.24, 2.45) is 11.7 Å². The van der Waals surface area contributed by atoms with Crippen LogP contribution in [0.2, 0.25) is 0 Å². The van der Waals surface area contributed by atoms with Gasteiger partial charge in [-0.1, -0.05) is 13.8 Å². The quantitative estimate of drug-likeness (QED) is 0.669. The number of hydrogen-bond acceptors (Lipinski definition) is 3. The number of β-amino-alcohol motifs (C(OH)–C–C–N with tert-alkyl or cyclic N) is 1. The number of hydrogen-bond donors (Lipinski definition) is 2. The number of carbonyl (C=O) groups excluding carboxylic acids is 1. The molecule has 0 saturated carbocycles. The predicted octanol–water partition coefficient (Wildman–Crippen LogP) is -0.0454. The number of nitrogens with zero attached hydrogens (tertiary/aromatic N) is 1. The Morgan fingerprint density at radius 3 is 2.57 bits per heavy atom. The van der Waals surface area contributed by atoms with E-state index in [-0.39, 0.29) is 11.8 Å². The van der Waals surface area contributed by atoms with Crippen molar-refractivity contribution in [1.82, 2.24) is 4.90 Å². The zero-order valence-corrected chi connectivity index (χ0v) is 8.99. The molecule has 1 rings (SSSR count). The van der Waals surface area contributed by atoms with Crippen LogP contribution in [0, 0.1) is 5.92 Å². The van der Waals surface area contributed by atoms with Gasteiger partial charge in [0.25, 0.3) is 0 Å². The van der Waals surface area contributed by atoms with Gasteiger partial charge in [0.1, 0.15) is 5.60 Å². The number of likely N-dealkylation sites (tertiary alicyclic amines) is 1. The lowest BCUT2D eigenvalue weighted by Gasteiger charge is -2.49. The van der Waals surface area contributed by atoms with Crippen molar-refractivity contribution in [2.75, 3.05) is 19.6 Å². The maximum absolute atomic E-state index is 11.5. The topological polar surface area (TPSA) is 66.6 Å². The molecule has 4 nitrogen and oxygen atoms in total. The second kappa shape index (κ2) is 4.28. The minimum atomic E-state index is -0.654. The Labute approximate surface area is 85.1 Å². The number of rotatable bonds is 4. The molecule has 0 aromatic rings. The Balaban J connectivity index is 2.30. The van der Waals surface area contributed by atoms with Crippen LogP contribution in [0.5, 0.6) is 0 Å². The molecule has 82 valence electrons. The second-order valence-corrected chi connectivity index (χ2v) is 4.40. The molecule has 1 saturated heterocycles. The van der Waals surface area contributed by atoms with E-state index >= 15 is 0 Å². The van der Waals surface area contributed by atoms with Crippen LogP contribution in [-0.2, 0) is 4.79 Å². The first-order valence-corrected chi connectivity index (χ1v) is 5.20. The van der Waals surface area contributed by atoms with E-state index in [2.05, 4.69) is 0 Å². The number of amides is 1. The summed E-state index contributed by atoms with van der Waals surface area (Å²) >= 11 is 0. The van der Waals surface area contributed by atoms with E-state index < -0.39 is 5.60 Å². The molecule has 0 bridgehead atoms. The van der Waals surface area contributed by atoms with Gasteiger partial charge in [-0.25, -0.2) is 0 Å². The lowest BCUT2D eigenvalue weighted by Crippen LogP contribution is -2.65. The van der Waals surface area contributed by atoms with E-state index in [1.807, 2.05) is 13.8 Å². The third-order valence-corrected chi connectivity index (χ3v) is 2.95. The highest BCUT2D eigenvalue weighted by Gasteiger charge is 2.45. The minimum absolute atomic E-state index is 0.112. The zero-order chi connectivity index (χ0) is 10.8. The fourth-order valence-electron chi connectivity index (χ4n) is 1.57. The molecule has 0 aromatic carbocycles. The molecule has 1 amide bonds. The van der Waals surface area contributed by atoms with E-state index in [0.29, 0.717) is 26.1 Å². The molecule has 1 heterocycles. The molecule has 0 spiro atoms. The first-order valence-electron chi connectivity index (χ1n) is 5.20. The van der Waals surface area contributed by atoms with Crippen molar-refractivity contribution in [3.63, 3.8) is 0 Å². The normalized spacial score (nSPS) is 19.6. The van der Waals surface area contributed by atoms with Crippen LogP contribution in [0.1, 0.15) is 26.7 Å². The van der Waals surface area contributed by atoms with E-state index in [1.54, 1.807) is 4.90 Å². The van der Waals surface area contributed by atoms with Crippen molar-refractivity contribution in [2.45, 2.75) is 32.3 Å². The summed E-state index contributed by atoms with van der Waals surface area (Å²) in [6.45, 7) is 5.46. The van der Waals surface area contributed by atoms with Crippen molar-refractivity contribution >= 4 is 5.91 Å². The van der Waals surface area contributed by atoms with Gasteiger partial charge in [0.05, 0.1) is 13.1 Å². The molecule has 4 heteroatoms. The Hall–Kier alpha value is -0.610. The number of carbonyl (C=O) groups is 1. The molecule has 0 aromatic heterocycles. The average molecular weight is 200 g/mol. The Morgan fingerprint density at radius 1 is 1.57 bits per heavy atom. The van der Waals surface area contributed by atoms with Crippen LogP contribution in [0.15, 0.2) is 0 Å². The Kier molecular flexibility index (Phi) is 3.50. The molecule has 0 aliphatic carbocycles. The first kappa shape index (κ1) is 11.5. The predicted molar refractivity (Wildman–Crippen MR) is 54.7 cm³/mol. The summed E-state index contributed by atoms with van der Waals surface area (Å²) in [6.07, 6.45) is 1.24. The van der Waals surface area contributed by atoms with Crippen molar-refractivity contribution in [1.29, 1.82) is 0 Å². The third-order valence-electron chi connectivity index (χ3n) is 2.95. The number of aliphatic hydroxyl groups is 1. The fraction of sp³-hybridized carbons (Fsp3) is 0.900. The van der Waals surface area contributed by atoms with Crippen molar-refractivity contribution in [3.8, 4) is 0 Å². The van der Waals surface area contributed by atoms with E-state index in [9.17, 15) is 9.90 Å². The monoisotopic (exact) mass is 200 g/mol. The second-order valence-electron chi connectivity index (χ2n) is 4.40. The summed E-state index contributed by atoms with van der Waals surface area (Å²) in [6, 6.07) is 0. The van der Waals surface area contributed by atoms with Crippen LogP contribution in [0.4, 0.5) is 0 Å². The molecule has 1 fully saturated rings. The highest BCUT2D eigenvalue weighted by molar-refractivity contribution is 5.77. The fourth-order valence-corrected chi connectivity index (χ4v) is 1.57. The maximum atomic E-state index is 11.5. The maximum Gasteiger partial charge on any atom is 0.222 e. The zero-order valence-electron chi connectivity index (χ0n) is 8.99. The van der Waals surface area contributed by atoms with Crippen LogP contribution >= 0.6 is 0 Å². The van der Waals surface area contributed by atoms with Gasteiger partial charge in [-0.3, -0.25) is 4.79 Å². The van der Waals surface area contributed by atoms with E-state index in [4.69, 9.17) is 5.73 Å². The van der Waals surface area contributed by atoms with E-state index in [0.717, 1.165) is 6.42 Å². The SMILES string of the molecule is CC(C)C1(O)CN(C(=O)CCCN)C1. The van der Waals surface area contributed by atoms with Crippen molar-refractivity contribution < 1.29 is 9.90 Å². The summed E-state index contributed by atoms with van der Waals surface area (Å²) in [5, 5.41) is 9.91. The summed E-state index contributed by atoms with van der Waals surface area (Å²) < 4.78 is 0. The van der Waals surface area contributed by atoms with Crippen LogP contribution in [0.25, 0.3) is 0 Å². The highest BCUT2D eigenvalue weighted by Crippen LogP contribution is 2.28. The van der Waals surface area contributed by atoms with Gasteiger partial charge < -0.3 is 15.7 Å². The van der Waals surface area contributed by atoms with Gasteiger partial charge >= 0.3 is 0 Å². The number of nitrogens with two attached hydrogens (primary N) is 1. The summed E-state index contributed by atoms with van der Waals surface area (Å²) in [7, 11) is 0. The molecule has 0 atom stereocenters. The molecule has 14 heavy (non-hydrogen) atoms. The van der Waals surface area contributed by atoms with Crippen molar-refractivity contribution in [3.05, 3.63) is 0 Å². The molecular formula is C10H20N2O2.